The first-order valence-corrected chi connectivity index (χ1v) is 14.1. The third-order valence-electron chi connectivity index (χ3n) is 7.02. The number of hydrogen-bond acceptors (Lipinski definition) is 5. The molecular weight excluding hydrogens is 408 g/mol. The van der Waals surface area contributed by atoms with Gasteiger partial charge < -0.3 is 24.3 Å². The Labute approximate surface area is 209 Å². The van der Waals surface area contributed by atoms with Gasteiger partial charge in [0.25, 0.3) is 0 Å². The topological polar surface area (TPSA) is 22.2 Å². The summed E-state index contributed by atoms with van der Waals surface area (Å²) >= 11 is 0. The summed E-state index contributed by atoms with van der Waals surface area (Å²) in [6, 6.07) is 1.29. The van der Waals surface area contributed by atoms with E-state index in [1.165, 1.54) is 77.0 Å². The van der Waals surface area contributed by atoms with Crippen LogP contribution in [0.1, 0.15) is 90.9 Å². The van der Waals surface area contributed by atoms with E-state index in [-0.39, 0.29) is 0 Å². The molecule has 0 aliphatic rings. The predicted octanol–water partition coefficient (Wildman–Crippen LogP) is 5.45. The maximum absolute atomic E-state index is 6.00. The highest BCUT2D eigenvalue weighted by Gasteiger charge is 2.15. The van der Waals surface area contributed by atoms with Crippen LogP contribution in [0.25, 0.3) is 0 Å². The Kier molecular flexibility index (Phi) is 22.1. The SMILES string of the molecule is CCCCCCCC(CN(C)CCOCCN(C)CC(CCCCCCC)N(C)C)N(C)C. The standard InChI is InChI=1S/C28H62N4O/c1-9-11-13-15-17-19-27(29(3)4)25-31(7)21-23-33-24-22-32(8)26-28(30(5)6)20-18-16-14-12-10-2/h27-28H,9-26H2,1-8H3. The van der Waals surface area contributed by atoms with Crippen LogP contribution < -0.4 is 0 Å². The van der Waals surface area contributed by atoms with Crippen LogP contribution in [0.4, 0.5) is 0 Å². The van der Waals surface area contributed by atoms with Crippen LogP contribution in [0.2, 0.25) is 0 Å². The minimum atomic E-state index is 0.646. The molecule has 0 amide bonds. The first-order chi connectivity index (χ1) is 15.8. The van der Waals surface area contributed by atoms with Gasteiger partial charge in [-0.1, -0.05) is 78.1 Å². The molecule has 0 saturated heterocycles. The molecule has 0 radical (unpaired) electrons. The summed E-state index contributed by atoms with van der Waals surface area (Å²) < 4.78 is 6.00. The minimum Gasteiger partial charge on any atom is -0.379 e. The monoisotopic (exact) mass is 470 g/mol. The highest BCUT2D eigenvalue weighted by atomic mass is 16.5. The van der Waals surface area contributed by atoms with Gasteiger partial charge >= 0.3 is 0 Å². The Hall–Kier alpha value is -0.200. The van der Waals surface area contributed by atoms with Gasteiger partial charge in [0.1, 0.15) is 0 Å². The van der Waals surface area contributed by atoms with Crippen LogP contribution in [-0.4, -0.2) is 113 Å². The summed E-state index contributed by atoms with van der Waals surface area (Å²) in [4.78, 5) is 9.69. The zero-order valence-corrected chi connectivity index (χ0v) is 24.1. The van der Waals surface area contributed by atoms with Crippen molar-refractivity contribution in [1.82, 2.24) is 19.6 Å². The molecule has 0 spiro atoms. The minimum absolute atomic E-state index is 0.646. The molecule has 0 N–H and O–H groups in total. The first-order valence-electron chi connectivity index (χ1n) is 14.1. The quantitative estimate of drug-likeness (QED) is 0.175. The Morgan fingerprint density at radius 3 is 1.21 bits per heavy atom. The summed E-state index contributed by atoms with van der Waals surface area (Å²) in [6.45, 7) is 10.5. The Bertz CT molecular complexity index is 369. The van der Waals surface area contributed by atoms with Crippen molar-refractivity contribution in [1.29, 1.82) is 0 Å². The molecule has 5 nitrogen and oxygen atoms in total. The van der Waals surface area contributed by atoms with Crippen molar-refractivity contribution < 1.29 is 4.74 Å². The number of unbranched alkanes of at least 4 members (excludes halogenated alkanes) is 8. The molecule has 0 bridgehead atoms. The largest absolute Gasteiger partial charge is 0.379 e. The highest BCUT2D eigenvalue weighted by molar-refractivity contribution is 4.72. The van der Waals surface area contributed by atoms with Gasteiger partial charge in [0.05, 0.1) is 13.2 Å². The summed E-state index contributed by atoms with van der Waals surface area (Å²) in [5, 5.41) is 0. The number of nitrogens with zero attached hydrogens (tertiary/aromatic N) is 4. The van der Waals surface area contributed by atoms with E-state index in [1.54, 1.807) is 0 Å². The Morgan fingerprint density at radius 2 is 0.879 bits per heavy atom. The van der Waals surface area contributed by atoms with Gasteiger partial charge in [-0.2, -0.15) is 0 Å². The lowest BCUT2D eigenvalue weighted by Crippen LogP contribution is -2.41. The van der Waals surface area contributed by atoms with Gasteiger partial charge in [0.2, 0.25) is 0 Å². The molecule has 2 unspecified atom stereocenters. The molecule has 0 rings (SSSR count). The van der Waals surface area contributed by atoms with Crippen molar-refractivity contribution >= 4 is 0 Å². The zero-order valence-electron chi connectivity index (χ0n) is 24.1. The number of likely N-dealkylation sites (N-methyl/N-ethyl adjacent to an activating group) is 4. The van der Waals surface area contributed by atoms with Gasteiger partial charge in [-0.15, -0.1) is 0 Å². The molecule has 0 aliphatic heterocycles. The summed E-state index contributed by atoms with van der Waals surface area (Å²) in [5.74, 6) is 0. The van der Waals surface area contributed by atoms with Crippen LogP contribution in [-0.2, 0) is 4.74 Å². The molecule has 0 aromatic carbocycles. The lowest BCUT2D eigenvalue weighted by molar-refractivity contribution is 0.0808. The fourth-order valence-electron chi connectivity index (χ4n) is 4.44. The van der Waals surface area contributed by atoms with Crippen LogP contribution in [0.15, 0.2) is 0 Å². The Morgan fingerprint density at radius 1 is 0.515 bits per heavy atom. The van der Waals surface area contributed by atoms with Crippen molar-refractivity contribution in [2.24, 2.45) is 0 Å². The average molecular weight is 471 g/mol. The third kappa shape index (κ3) is 19.8. The molecule has 0 saturated carbocycles. The second-order valence-electron chi connectivity index (χ2n) is 10.8. The number of hydrogen-bond donors (Lipinski definition) is 0. The normalized spacial score (nSPS) is 14.2. The second-order valence-corrected chi connectivity index (χ2v) is 10.8. The molecule has 0 aromatic heterocycles. The molecular formula is C28H62N4O. The Balaban J connectivity index is 3.98. The van der Waals surface area contributed by atoms with E-state index < -0.39 is 0 Å². The molecule has 0 aliphatic carbocycles. The van der Waals surface area contributed by atoms with Crippen molar-refractivity contribution in [2.75, 3.05) is 81.7 Å². The van der Waals surface area contributed by atoms with Crippen molar-refractivity contribution in [2.45, 2.75) is 103 Å². The molecule has 0 fully saturated rings. The van der Waals surface area contributed by atoms with Crippen molar-refractivity contribution in [3.8, 4) is 0 Å². The first kappa shape index (κ1) is 32.8. The fourth-order valence-corrected chi connectivity index (χ4v) is 4.44. The van der Waals surface area contributed by atoms with Gasteiger partial charge in [0.15, 0.2) is 0 Å². The maximum Gasteiger partial charge on any atom is 0.0593 e. The summed E-state index contributed by atoms with van der Waals surface area (Å²) in [5.41, 5.74) is 0. The van der Waals surface area contributed by atoms with Crippen LogP contribution in [0, 0.1) is 0 Å². The smallest absolute Gasteiger partial charge is 0.0593 e. The van der Waals surface area contributed by atoms with Gasteiger partial charge in [-0.25, -0.2) is 0 Å². The lowest BCUT2D eigenvalue weighted by Gasteiger charge is -2.30. The van der Waals surface area contributed by atoms with E-state index in [0.29, 0.717) is 12.1 Å². The summed E-state index contributed by atoms with van der Waals surface area (Å²) in [6.07, 6.45) is 16.3. The van der Waals surface area contributed by atoms with E-state index in [1.807, 2.05) is 0 Å². The van der Waals surface area contributed by atoms with E-state index >= 15 is 0 Å². The van der Waals surface area contributed by atoms with Gasteiger partial charge in [-0.05, 0) is 55.1 Å². The molecule has 200 valence electrons. The lowest BCUT2D eigenvalue weighted by atomic mass is 10.1. The molecule has 0 aromatic rings. The molecule has 5 heteroatoms. The number of rotatable bonds is 24. The predicted molar refractivity (Wildman–Crippen MR) is 148 cm³/mol. The van der Waals surface area contributed by atoms with E-state index in [9.17, 15) is 0 Å². The maximum atomic E-state index is 6.00. The van der Waals surface area contributed by atoms with Gasteiger partial charge in [-0.3, -0.25) is 0 Å². The second kappa shape index (κ2) is 22.3. The summed E-state index contributed by atoms with van der Waals surface area (Å²) in [7, 11) is 13.4. The zero-order chi connectivity index (χ0) is 24.9. The molecule has 0 heterocycles. The van der Waals surface area contributed by atoms with Gasteiger partial charge in [0, 0.05) is 38.3 Å². The molecule has 33 heavy (non-hydrogen) atoms. The van der Waals surface area contributed by atoms with Crippen molar-refractivity contribution in [3.05, 3.63) is 0 Å². The van der Waals surface area contributed by atoms with Crippen LogP contribution >= 0.6 is 0 Å². The highest BCUT2D eigenvalue weighted by Crippen LogP contribution is 2.12. The third-order valence-corrected chi connectivity index (χ3v) is 7.02. The van der Waals surface area contributed by atoms with Crippen LogP contribution in [0.5, 0.6) is 0 Å². The van der Waals surface area contributed by atoms with Crippen molar-refractivity contribution in [3.63, 3.8) is 0 Å². The average Bonchev–Trinajstić information content (AvgIpc) is 2.76. The van der Waals surface area contributed by atoms with E-state index in [2.05, 4.69) is 75.7 Å². The van der Waals surface area contributed by atoms with E-state index in [0.717, 1.165) is 39.4 Å². The fraction of sp³-hybridized carbons (Fsp3) is 1.00. The number of ether oxygens (including phenoxy) is 1. The van der Waals surface area contributed by atoms with E-state index in [4.69, 9.17) is 4.74 Å². The van der Waals surface area contributed by atoms with Crippen LogP contribution in [0.3, 0.4) is 0 Å². The molecule has 2 atom stereocenters.